The van der Waals surface area contributed by atoms with Crippen molar-refractivity contribution < 1.29 is 14.7 Å². The van der Waals surface area contributed by atoms with Crippen LogP contribution in [-0.4, -0.2) is 28.9 Å². The Balaban J connectivity index is 1.67. The van der Waals surface area contributed by atoms with Crippen molar-refractivity contribution in [3.05, 3.63) is 70.2 Å². The molecule has 0 saturated heterocycles. The van der Waals surface area contributed by atoms with Gasteiger partial charge in [0.1, 0.15) is 0 Å². The molecule has 0 aliphatic heterocycles. The number of halogens is 1. The van der Waals surface area contributed by atoms with E-state index in [1.165, 1.54) is 0 Å². The van der Waals surface area contributed by atoms with E-state index in [1.54, 1.807) is 36.2 Å². The van der Waals surface area contributed by atoms with Crippen molar-refractivity contribution in [3.63, 3.8) is 0 Å². The van der Waals surface area contributed by atoms with Gasteiger partial charge in [-0.05, 0) is 48.6 Å². The fourth-order valence-electron chi connectivity index (χ4n) is 3.13. The molecule has 1 N–H and O–H groups in total. The Morgan fingerprint density at radius 2 is 1.76 bits per heavy atom. The second-order valence-corrected chi connectivity index (χ2v) is 7.12. The van der Waals surface area contributed by atoms with E-state index in [0.717, 1.165) is 24.0 Å². The van der Waals surface area contributed by atoms with E-state index in [2.05, 4.69) is 0 Å². The van der Waals surface area contributed by atoms with Crippen LogP contribution in [0.4, 0.5) is 0 Å². The van der Waals surface area contributed by atoms with Crippen LogP contribution >= 0.6 is 11.6 Å². The van der Waals surface area contributed by atoms with Crippen LogP contribution in [0.1, 0.15) is 34.3 Å². The number of carboxylic acids is 1. The van der Waals surface area contributed by atoms with Crippen LogP contribution in [0.3, 0.4) is 0 Å². The zero-order valence-corrected chi connectivity index (χ0v) is 14.8. The first-order chi connectivity index (χ1) is 11.9. The Hall–Kier alpha value is -2.33. The molecule has 1 saturated carbocycles. The number of carbonyl (C=O) groups excluding carboxylic acids is 1. The fourth-order valence-corrected chi connectivity index (χ4v) is 3.33. The normalized spacial score (nSPS) is 14.8. The fraction of sp³-hybridized carbons (Fsp3) is 0.300. The lowest BCUT2D eigenvalue weighted by molar-refractivity contribution is -0.136. The van der Waals surface area contributed by atoms with Crippen molar-refractivity contribution in [1.82, 2.24) is 4.90 Å². The number of amides is 1. The molecule has 0 radical (unpaired) electrons. The maximum Gasteiger partial charge on any atom is 0.335 e. The van der Waals surface area contributed by atoms with Gasteiger partial charge in [-0.15, -0.1) is 0 Å². The van der Waals surface area contributed by atoms with Gasteiger partial charge in [0.25, 0.3) is 0 Å². The van der Waals surface area contributed by atoms with Crippen LogP contribution in [0, 0.1) is 5.41 Å². The molecule has 3 rings (SSSR count). The maximum atomic E-state index is 12.9. The Labute approximate surface area is 152 Å². The van der Waals surface area contributed by atoms with Crippen LogP contribution in [0.2, 0.25) is 5.02 Å². The van der Waals surface area contributed by atoms with Crippen LogP contribution in [0.15, 0.2) is 48.5 Å². The van der Waals surface area contributed by atoms with Gasteiger partial charge in [0.05, 0.1) is 11.0 Å². The summed E-state index contributed by atoms with van der Waals surface area (Å²) >= 11 is 6.24. The third-order valence-corrected chi connectivity index (χ3v) is 5.13. The minimum atomic E-state index is -0.951. The number of rotatable bonds is 6. The highest BCUT2D eigenvalue weighted by atomic mass is 35.5. The highest BCUT2D eigenvalue weighted by molar-refractivity contribution is 6.31. The lowest BCUT2D eigenvalue weighted by Gasteiger charge is -2.24. The molecule has 4 nitrogen and oxygen atoms in total. The molecular formula is C20H20ClNO3. The molecule has 0 spiro atoms. The zero-order chi connectivity index (χ0) is 18.0. The predicted molar refractivity (Wildman–Crippen MR) is 96.7 cm³/mol. The number of hydrogen-bond acceptors (Lipinski definition) is 2. The molecule has 1 aliphatic carbocycles. The van der Waals surface area contributed by atoms with Gasteiger partial charge < -0.3 is 10.0 Å². The van der Waals surface area contributed by atoms with Crippen molar-refractivity contribution in [3.8, 4) is 0 Å². The largest absolute Gasteiger partial charge is 0.478 e. The Morgan fingerprint density at radius 3 is 2.32 bits per heavy atom. The van der Waals surface area contributed by atoms with Crippen LogP contribution < -0.4 is 0 Å². The quantitative estimate of drug-likeness (QED) is 0.849. The summed E-state index contributed by atoms with van der Waals surface area (Å²) in [6, 6.07) is 14.3. The SMILES string of the molecule is CN(Cc1ccc(C(=O)O)cc1)C(=O)C1(Cc2ccccc2Cl)CC1. The van der Waals surface area contributed by atoms with Gasteiger partial charge in [0, 0.05) is 18.6 Å². The second-order valence-electron chi connectivity index (χ2n) is 6.71. The van der Waals surface area contributed by atoms with E-state index in [-0.39, 0.29) is 16.9 Å². The summed E-state index contributed by atoms with van der Waals surface area (Å²) < 4.78 is 0. The van der Waals surface area contributed by atoms with Crippen molar-refractivity contribution in [2.75, 3.05) is 7.05 Å². The van der Waals surface area contributed by atoms with Crippen molar-refractivity contribution in [2.24, 2.45) is 5.41 Å². The van der Waals surface area contributed by atoms with Gasteiger partial charge in [-0.1, -0.05) is 41.9 Å². The number of hydrogen-bond donors (Lipinski definition) is 1. The summed E-state index contributed by atoms with van der Waals surface area (Å²) in [7, 11) is 1.79. The summed E-state index contributed by atoms with van der Waals surface area (Å²) in [6.45, 7) is 0.461. The van der Waals surface area contributed by atoms with Crippen molar-refractivity contribution in [2.45, 2.75) is 25.8 Å². The molecule has 2 aromatic carbocycles. The van der Waals surface area contributed by atoms with E-state index >= 15 is 0 Å². The number of carboxylic acid groups (broad SMARTS) is 1. The monoisotopic (exact) mass is 357 g/mol. The van der Waals surface area contributed by atoms with Gasteiger partial charge in [0.15, 0.2) is 0 Å². The highest BCUT2D eigenvalue weighted by Gasteiger charge is 2.51. The average molecular weight is 358 g/mol. The minimum absolute atomic E-state index is 0.120. The molecular weight excluding hydrogens is 338 g/mol. The molecule has 2 aromatic rings. The van der Waals surface area contributed by atoms with Crippen molar-refractivity contribution >= 4 is 23.5 Å². The topological polar surface area (TPSA) is 57.6 Å². The summed E-state index contributed by atoms with van der Waals surface area (Å²) in [5.74, 6) is -0.831. The maximum absolute atomic E-state index is 12.9. The molecule has 1 fully saturated rings. The number of aromatic carboxylic acids is 1. The second kappa shape index (κ2) is 6.89. The average Bonchev–Trinajstić information content (AvgIpc) is 3.37. The van der Waals surface area contributed by atoms with Gasteiger partial charge >= 0.3 is 5.97 Å². The first kappa shape index (κ1) is 17.5. The van der Waals surface area contributed by atoms with Crippen LogP contribution in [0.25, 0.3) is 0 Å². The minimum Gasteiger partial charge on any atom is -0.478 e. The van der Waals surface area contributed by atoms with E-state index in [0.29, 0.717) is 18.0 Å². The number of nitrogens with zero attached hydrogens (tertiary/aromatic N) is 1. The molecule has 1 aliphatic rings. The smallest absolute Gasteiger partial charge is 0.335 e. The third-order valence-electron chi connectivity index (χ3n) is 4.76. The molecule has 0 heterocycles. The molecule has 0 atom stereocenters. The molecule has 5 heteroatoms. The van der Waals surface area contributed by atoms with Gasteiger partial charge in [-0.3, -0.25) is 4.79 Å². The van der Waals surface area contributed by atoms with E-state index in [9.17, 15) is 9.59 Å². The molecule has 0 bridgehead atoms. The number of benzene rings is 2. The standard InChI is InChI=1S/C20H20ClNO3/c1-22(13-14-6-8-15(9-7-14)18(23)24)19(25)20(10-11-20)12-16-4-2-3-5-17(16)21/h2-9H,10-13H2,1H3,(H,23,24). The molecule has 0 aromatic heterocycles. The Morgan fingerprint density at radius 1 is 1.12 bits per heavy atom. The summed E-state index contributed by atoms with van der Waals surface area (Å²) in [5, 5.41) is 9.65. The highest BCUT2D eigenvalue weighted by Crippen LogP contribution is 2.50. The van der Waals surface area contributed by atoms with Crippen molar-refractivity contribution in [1.29, 1.82) is 0 Å². The molecule has 25 heavy (non-hydrogen) atoms. The first-order valence-electron chi connectivity index (χ1n) is 8.22. The lowest BCUT2D eigenvalue weighted by Crippen LogP contribution is -2.35. The summed E-state index contributed by atoms with van der Waals surface area (Å²) in [5.41, 5.74) is 1.82. The van der Waals surface area contributed by atoms with E-state index in [4.69, 9.17) is 16.7 Å². The molecule has 0 unspecified atom stereocenters. The zero-order valence-electron chi connectivity index (χ0n) is 14.0. The van der Waals surface area contributed by atoms with Crippen LogP contribution in [-0.2, 0) is 17.8 Å². The van der Waals surface area contributed by atoms with Gasteiger partial charge in [-0.25, -0.2) is 4.79 Å². The lowest BCUT2D eigenvalue weighted by atomic mass is 9.94. The first-order valence-corrected chi connectivity index (χ1v) is 8.60. The van der Waals surface area contributed by atoms with Crippen LogP contribution in [0.5, 0.6) is 0 Å². The van der Waals surface area contributed by atoms with E-state index < -0.39 is 5.97 Å². The molecule has 1 amide bonds. The Kier molecular flexibility index (Phi) is 4.82. The number of carbonyl (C=O) groups is 2. The predicted octanol–water partition coefficient (Wildman–Crippen LogP) is 4.02. The summed E-state index contributed by atoms with van der Waals surface area (Å²) in [6.07, 6.45) is 2.41. The van der Waals surface area contributed by atoms with Gasteiger partial charge in [0.2, 0.25) is 5.91 Å². The molecule has 130 valence electrons. The Bertz CT molecular complexity index is 797. The van der Waals surface area contributed by atoms with E-state index in [1.807, 2.05) is 24.3 Å². The van der Waals surface area contributed by atoms with Gasteiger partial charge in [-0.2, -0.15) is 0 Å². The third kappa shape index (κ3) is 3.85. The summed E-state index contributed by atoms with van der Waals surface area (Å²) in [4.78, 5) is 25.5.